The first kappa shape index (κ1) is 12.0. The van der Waals surface area contributed by atoms with E-state index >= 15 is 0 Å². The van der Waals surface area contributed by atoms with Gasteiger partial charge in [0.1, 0.15) is 16.9 Å². The minimum atomic E-state index is -0.252. The number of fused-ring (bicyclic) bond motifs is 1. The van der Waals surface area contributed by atoms with Crippen molar-refractivity contribution in [2.24, 2.45) is 0 Å². The van der Waals surface area contributed by atoms with Crippen LogP contribution in [0.15, 0.2) is 24.3 Å². The Labute approximate surface area is 115 Å². The third-order valence-electron chi connectivity index (χ3n) is 3.39. The number of amides is 1. The molecule has 5 heteroatoms. The number of rotatable bonds is 1. The number of thiophene rings is 1. The minimum Gasteiger partial charge on any atom is -0.508 e. The number of aryl methyl sites for hydroxylation is 1. The molecule has 4 nitrogen and oxygen atoms in total. The van der Waals surface area contributed by atoms with Crippen LogP contribution in [0.25, 0.3) is 0 Å². The lowest BCUT2D eigenvalue weighted by Gasteiger charge is -2.26. The molecular weight excluding hydrogens is 260 g/mol. The van der Waals surface area contributed by atoms with Crippen LogP contribution in [0.1, 0.15) is 32.5 Å². The number of carbonyl (C=O) groups excluding carboxylic acids is 1. The minimum absolute atomic E-state index is 0.0475. The second-order valence-electron chi connectivity index (χ2n) is 4.63. The van der Waals surface area contributed by atoms with Crippen molar-refractivity contribution in [1.82, 2.24) is 5.32 Å². The average molecular weight is 274 g/mol. The molecule has 1 aromatic heterocycles. The molecule has 0 saturated heterocycles. The van der Waals surface area contributed by atoms with E-state index in [1.165, 1.54) is 0 Å². The number of hydrogen-bond donors (Lipinski definition) is 3. The molecule has 1 amide bonds. The van der Waals surface area contributed by atoms with Gasteiger partial charge in [0, 0.05) is 4.88 Å². The van der Waals surface area contributed by atoms with Gasteiger partial charge in [-0.15, -0.1) is 11.3 Å². The van der Waals surface area contributed by atoms with E-state index in [9.17, 15) is 9.90 Å². The molecule has 3 rings (SSSR count). The summed E-state index contributed by atoms with van der Waals surface area (Å²) in [5, 5.41) is 16.5. The van der Waals surface area contributed by atoms with Crippen LogP contribution < -0.4 is 10.6 Å². The van der Waals surface area contributed by atoms with Crippen molar-refractivity contribution in [1.29, 1.82) is 0 Å². The molecule has 2 heterocycles. The van der Waals surface area contributed by atoms with E-state index in [-0.39, 0.29) is 17.8 Å². The fourth-order valence-electron chi connectivity index (χ4n) is 2.21. The van der Waals surface area contributed by atoms with Gasteiger partial charge in [-0.25, -0.2) is 0 Å². The molecule has 0 aliphatic carbocycles. The van der Waals surface area contributed by atoms with Gasteiger partial charge in [0.25, 0.3) is 5.91 Å². The van der Waals surface area contributed by atoms with Crippen LogP contribution in [0.2, 0.25) is 0 Å². The molecule has 1 aromatic carbocycles. The average Bonchev–Trinajstić information content (AvgIpc) is 2.66. The molecule has 1 atom stereocenters. The van der Waals surface area contributed by atoms with Gasteiger partial charge < -0.3 is 15.7 Å². The van der Waals surface area contributed by atoms with Crippen molar-refractivity contribution >= 4 is 22.2 Å². The van der Waals surface area contributed by atoms with E-state index in [0.29, 0.717) is 0 Å². The molecule has 0 fully saturated rings. The highest BCUT2D eigenvalue weighted by atomic mass is 32.1. The molecule has 2 aromatic rings. The third-order valence-corrected chi connectivity index (χ3v) is 4.53. The molecule has 0 spiro atoms. The van der Waals surface area contributed by atoms with E-state index in [1.54, 1.807) is 35.6 Å². The fourth-order valence-corrected chi connectivity index (χ4v) is 3.29. The van der Waals surface area contributed by atoms with Crippen LogP contribution in [0.4, 0.5) is 5.00 Å². The van der Waals surface area contributed by atoms with Crippen molar-refractivity contribution in [3.63, 3.8) is 0 Å². The van der Waals surface area contributed by atoms with Gasteiger partial charge in [-0.2, -0.15) is 0 Å². The fraction of sp³-hybridized carbons (Fsp3) is 0.214. The van der Waals surface area contributed by atoms with Gasteiger partial charge in [-0.1, -0.05) is 12.1 Å². The molecule has 1 aliphatic heterocycles. The molecular formula is C14H14N2O2S. The Balaban J connectivity index is 1.97. The lowest BCUT2D eigenvalue weighted by Crippen LogP contribution is -2.38. The highest BCUT2D eigenvalue weighted by Crippen LogP contribution is 2.37. The Bertz CT molecular complexity index is 646. The van der Waals surface area contributed by atoms with Crippen LogP contribution in [-0.2, 0) is 0 Å². The van der Waals surface area contributed by atoms with Gasteiger partial charge in [0.15, 0.2) is 0 Å². The highest BCUT2D eigenvalue weighted by Gasteiger charge is 2.28. The van der Waals surface area contributed by atoms with Gasteiger partial charge in [-0.05, 0) is 37.1 Å². The Hall–Kier alpha value is -2.01. The van der Waals surface area contributed by atoms with Crippen LogP contribution >= 0.6 is 11.3 Å². The number of hydrogen-bond acceptors (Lipinski definition) is 4. The lowest BCUT2D eigenvalue weighted by molar-refractivity contribution is 0.0936. The Kier molecular flexibility index (Phi) is 2.71. The SMILES string of the molecule is Cc1sc2c(c1C)C(=O)NC(c1ccc(O)cc1)N2. The van der Waals surface area contributed by atoms with Crippen molar-refractivity contribution in [3.8, 4) is 5.75 Å². The van der Waals surface area contributed by atoms with Gasteiger partial charge in [0.2, 0.25) is 0 Å². The Morgan fingerprint density at radius 1 is 1.16 bits per heavy atom. The second-order valence-corrected chi connectivity index (χ2v) is 5.85. The summed E-state index contributed by atoms with van der Waals surface area (Å²) in [5.74, 6) is 0.170. The van der Waals surface area contributed by atoms with E-state index in [1.807, 2.05) is 13.8 Å². The van der Waals surface area contributed by atoms with E-state index in [0.717, 1.165) is 26.6 Å². The Morgan fingerprint density at radius 3 is 2.53 bits per heavy atom. The number of anilines is 1. The van der Waals surface area contributed by atoms with Gasteiger partial charge >= 0.3 is 0 Å². The van der Waals surface area contributed by atoms with Gasteiger partial charge in [0.05, 0.1) is 5.56 Å². The number of phenolic OH excluding ortho intramolecular Hbond substituents is 1. The predicted molar refractivity (Wildman–Crippen MR) is 75.7 cm³/mol. The van der Waals surface area contributed by atoms with Crippen molar-refractivity contribution < 1.29 is 9.90 Å². The first-order chi connectivity index (χ1) is 9.06. The molecule has 3 N–H and O–H groups in total. The number of nitrogens with one attached hydrogen (secondary N) is 2. The van der Waals surface area contributed by atoms with Crippen LogP contribution in [0.5, 0.6) is 5.75 Å². The third kappa shape index (κ3) is 1.96. The molecule has 0 bridgehead atoms. The smallest absolute Gasteiger partial charge is 0.256 e. The quantitative estimate of drug-likeness (QED) is 0.749. The van der Waals surface area contributed by atoms with E-state index in [2.05, 4.69) is 10.6 Å². The zero-order valence-corrected chi connectivity index (χ0v) is 11.5. The summed E-state index contributed by atoms with van der Waals surface area (Å²) in [5.41, 5.74) is 2.70. The normalized spacial score (nSPS) is 17.6. The molecule has 0 saturated carbocycles. The molecule has 1 aliphatic rings. The summed E-state index contributed by atoms with van der Waals surface area (Å²) in [6.45, 7) is 3.98. The highest BCUT2D eigenvalue weighted by molar-refractivity contribution is 7.16. The number of aromatic hydroxyl groups is 1. The maximum atomic E-state index is 12.2. The molecule has 98 valence electrons. The number of phenols is 1. The maximum Gasteiger partial charge on any atom is 0.256 e. The standard InChI is InChI=1S/C14H14N2O2S/c1-7-8(2)19-14-11(7)13(18)15-12(16-14)9-3-5-10(17)6-4-9/h3-6,12,16-17H,1-2H3,(H,15,18). The van der Waals surface area contributed by atoms with E-state index < -0.39 is 0 Å². The first-order valence-corrected chi connectivity index (χ1v) is 6.84. The summed E-state index contributed by atoms with van der Waals surface area (Å²) in [6, 6.07) is 6.82. The molecule has 1 unspecified atom stereocenters. The van der Waals surface area contributed by atoms with Crippen LogP contribution in [0, 0.1) is 13.8 Å². The zero-order chi connectivity index (χ0) is 13.6. The zero-order valence-electron chi connectivity index (χ0n) is 10.7. The van der Waals surface area contributed by atoms with E-state index in [4.69, 9.17) is 0 Å². The number of benzene rings is 1. The topological polar surface area (TPSA) is 61.4 Å². The summed E-state index contributed by atoms with van der Waals surface area (Å²) in [6.07, 6.45) is -0.252. The van der Waals surface area contributed by atoms with Crippen LogP contribution in [0.3, 0.4) is 0 Å². The van der Waals surface area contributed by atoms with Crippen molar-refractivity contribution in [3.05, 3.63) is 45.8 Å². The number of carbonyl (C=O) groups is 1. The van der Waals surface area contributed by atoms with Crippen molar-refractivity contribution in [2.45, 2.75) is 20.0 Å². The van der Waals surface area contributed by atoms with Gasteiger partial charge in [-0.3, -0.25) is 4.79 Å². The first-order valence-electron chi connectivity index (χ1n) is 6.02. The molecule has 0 radical (unpaired) electrons. The van der Waals surface area contributed by atoms with Crippen LogP contribution in [-0.4, -0.2) is 11.0 Å². The molecule has 19 heavy (non-hydrogen) atoms. The largest absolute Gasteiger partial charge is 0.508 e. The summed E-state index contributed by atoms with van der Waals surface area (Å²) in [7, 11) is 0. The Morgan fingerprint density at radius 2 is 1.84 bits per heavy atom. The monoisotopic (exact) mass is 274 g/mol. The predicted octanol–water partition coefficient (Wildman–Crippen LogP) is 2.92. The summed E-state index contributed by atoms with van der Waals surface area (Å²) >= 11 is 1.60. The maximum absolute atomic E-state index is 12.2. The lowest BCUT2D eigenvalue weighted by atomic mass is 10.1. The second kappa shape index (κ2) is 4.28. The summed E-state index contributed by atoms with van der Waals surface area (Å²) in [4.78, 5) is 13.3. The summed E-state index contributed by atoms with van der Waals surface area (Å²) < 4.78 is 0. The van der Waals surface area contributed by atoms with Crippen molar-refractivity contribution in [2.75, 3.05) is 5.32 Å².